The third-order valence-electron chi connectivity index (χ3n) is 3.16. The zero-order valence-corrected chi connectivity index (χ0v) is 21.0. The predicted molar refractivity (Wildman–Crippen MR) is 85.1 cm³/mol. The second kappa shape index (κ2) is 15.2. The van der Waals surface area contributed by atoms with E-state index in [4.69, 9.17) is 10.5 Å². The van der Waals surface area contributed by atoms with Gasteiger partial charge < -0.3 is 44.2 Å². The Bertz CT molecular complexity index is 936. The van der Waals surface area contributed by atoms with Crippen LogP contribution < -0.4 is 106 Å². The number of anilines is 1. The van der Waals surface area contributed by atoms with Crippen LogP contribution in [-0.4, -0.2) is 33.5 Å². The van der Waals surface area contributed by atoms with Gasteiger partial charge in [-0.3, -0.25) is 17.8 Å². The maximum absolute atomic E-state index is 11.8. The minimum atomic E-state index is -6.01. The van der Waals surface area contributed by atoms with Crippen molar-refractivity contribution in [3.63, 3.8) is 0 Å². The largest absolute Gasteiger partial charge is 1.00 e. The molecule has 1 aromatic rings. The number of nitrogens with two attached hydrogens (primary N) is 1. The fraction of sp³-hybridized carbons (Fsp3) is 0.556. The Morgan fingerprint density at radius 2 is 1.78 bits per heavy atom. The van der Waals surface area contributed by atoms with Crippen molar-refractivity contribution >= 4 is 40.0 Å². The summed E-state index contributed by atoms with van der Waals surface area (Å²) in [5.41, 5.74) is 4.59. The van der Waals surface area contributed by atoms with Crippen LogP contribution in [-0.2, 0) is 38.8 Å². The third-order valence-corrected chi connectivity index (χ3v) is 7.74. The Balaban J connectivity index is -0.00000210. The number of rotatable bonds is 8. The van der Waals surface area contributed by atoms with E-state index in [9.17, 15) is 38.6 Å². The number of nitrogen functional groups attached to an aromatic ring is 1. The van der Waals surface area contributed by atoms with Crippen LogP contribution in [0.3, 0.4) is 0 Å². The van der Waals surface area contributed by atoms with Crippen molar-refractivity contribution in [1.29, 1.82) is 0 Å². The van der Waals surface area contributed by atoms with Crippen LogP contribution in [0.1, 0.15) is 12.6 Å². The van der Waals surface area contributed by atoms with Crippen LogP contribution in [0, 0.1) is 0 Å². The zero-order chi connectivity index (χ0) is 21.3. The SMILES string of the molecule is Nc1ccn(C2CC(O)C(COP([O-])(=S)OP(=O)([O-])OP(=O)([O-])[O-])O2)c(=O)n1.[Li+].[Li+].[Li+].[Li+]. The average Bonchev–Trinajstić information content (AvgIpc) is 2.82. The fourth-order valence-electron chi connectivity index (χ4n) is 2.13. The summed E-state index contributed by atoms with van der Waals surface area (Å²) in [5, 5.41) is 9.96. The summed E-state index contributed by atoms with van der Waals surface area (Å²) in [4.78, 5) is 58.9. The Morgan fingerprint density at radius 3 is 2.28 bits per heavy atom. The van der Waals surface area contributed by atoms with Crippen molar-refractivity contribution in [2.75, 3.05) is 12.3 Å². The van der Waals surface area contributed by atoms with Crippen LogP contribution >= 0.6 is 22.4 Å². The van der Waals surface area contributed by atoms with Crippen LogP contribution in [0.2, 0.25) is 0 Å². The molecule has 1 fully saturated rings. The van der Waals surface area contributed by atoms with E-state index in [1.54, 1.807) is 0 Å². The van der Waals surface area contributed by atoms with Crippen LogP contribution in [0.5, 0.6) is 0 Å². The summed E-state index contributed by atoms with van der Waals surface area (Å²) in [6.07, 6.45) is -2.30. The van der Waals surface area contributed by atoms with Gasteiger partial charge in [0.15, 0.2) is 0 Å². The summed E-state index contributed by atoms with van der Waals surface area (Å²) in [7, 11) is -11.9. The standard InChI is InChI=1S/C9H16N3O12P3S.4Li/c10-7-1-2-12(9(14)11-7)8-3-5(13)6(22-8)4-21-27(20,28)24-26(18,19)23-25(15,16)17;;;;/h1-2,5-6,8,13H,3-4H2,(H,18,19)(H,20,28)(H2,10,11,14)(H2,15,16,17);;;;/q;4*+1/p-4. The second-order valence-electron chi connectivity index (χ2n) is 5.28. The first kappa shape index (κ1) is 38.4. The van der Waals surface area contributed by atoms with E-state index in [1.807, 2.05) is 0 Å². The number of aliphatic hydroxyl groups is 1. The maximum atomic E-state index is 11.8. The van der Waals surface area contributed by atoms with Crippen LogP contribution in [0.4, 0.5) is 5.82 Å². The van der Waals surface area contributed by atoms with Gasteiger partial charge in [-0.05, 0) is 6.07 Å². The van der Waals surface area contributed by atoms with Gasteiger partial charge in [-0.1, -0.05) is 11.8 Å². The number of hydrogen-bond donors (Lipinski definition) is 2. The molecule has 15 nitrogen and oxygen atoms in total. The van der Waals surface area contributed by atoms with Crippen molar-refractivity contribution in [3.8, 4) is 0 Å². The van der Waals surface area contributed by atoms with Gasteiger partial charge in [0.25, 0.3) is 7.82 Å². The van der Waals surface area contributed by atoms with Gasteiger partial charge in [0.2, 0.25) is 0 Å². The molecule has 23 heteroatoms. The summed E-state index contributed by atoms with van der Waals surface area (Å²) in [5.74, 6) is -0.0335. The van der Waals surface area contributed by atoms with Gasteiger partial charge in [-0.15, -0.1) is 0 Å². The summed E-state index contributed by atoms with van der Waals surface area (Å²) in [6, 6.07) is 1.31. The van der Waals surface area contributed by atoms with Gasteiger partial charge >= 0.3 is 81.1 Å². The van der Waals surface area contributed by atoms with Crippen LogP contribution in [0.15, 0.2) is 17.1 Å². The van der Waals surface area contributed by atoms with Crippen molar-refractivity contribution < 1.29 is 127 Å². The molecule has 160 valence electrons. The second-order valence-corrected chi connectivity index (χ2v) is 10.9. The van der Waals surface area contributed by atoms with Gasteiger partial charge in [0.1, 0.15) is 24.9 Å². The first-order chi connectivity index (χ1) is 12.7. The van der Waals surface area contributed by atoms with E-state index in [0.717, 1.165) is 4.57 Å². The molecule has 5 unspecified atom stereocenters. The quantitative estimate of drug-likeness (QED) is 0.245. The minimum absolute atomic E-state index is 0. The Hall–Kier alpha value is 1.82. The zero-order valence-electron chi connectivity index (χ0n) is 17.5. The van der Waals surface area contributed by atoms with Crippen molar-refractivity contribution in [2.24, 2.45) is 0 Å². The van der Waals surface area contributed by atoms with Crippen molar-refractivity contribution in [1.82, 2.24) is 9.55 Å². The van der Waals surface area contributed by atoms with E-state index in [1.165, 1.54) is 12.3 Å². The molecule has 1 saturated heterocycles. The molecule has 0 radical (unpaired) electrons. The summed E-state index contributed by atoms with van der Waals surface area (Å²) in [6.45, 7) is -5.65. The average molecular weight is 507 g/mol. The normalized spacial score (nSPS) is 23.8. The van der Waals surface area contributed by atoms with Gasteiger partial charge in [-0.2, -0.15) is 4.98 Å². The number of hydrogen-bond acceptors (Lipinski definition) is 15. The van der Waals surface area contributed by atoms with Crippen molar-refractivity contribution in [2.45, 2.75) is 24.9 Å². The van der Waals surface area contributed by atoms with E-state index < -0.39 is 53.1 Å². The number of nitrogens with zero attached hydrogens (tertiary/aromatic N) is 2. The van der Waals surface area contributed by atoms with Gasteiger partial charge in [0.05, 0.1) is 20.5 Å². The Morgan fingerprint density at radius 1 is 1.22 bits per heavy atom. The maximum Gasteiger partial charge on any atom is 1.00 e. The predicted octanol–water partition coefficient (Wildman–Crippen LogP) is -15.6. The number of aliphatic hydroxyl groups excluding tert-OH is 1. The van der Waals surface area contributed by atoms with Crippen LogP contribution in [0.25, 0.3) is 0 Å². The molecule has 0 bridgehead atoms. The topological polar surface area (TPSA) is 244 Å². The first-order valence-electron chi connectivity index (χ1n) is 7.07. The number of ether oxygens (including phenoxy) is 1. The van der Waals surface area contributed by atoms with E-state index in [-0.39, 0.29) is 87.7 Å². The van der Waals surface area contributed by atoms with E-state index >= 15 is 0 Å². The molecule has 0 aliphatic carbocycles. The summed E-state index contributed by atoms with van der Waals surface area (Å²) >= 11 is 4.26. The molecule has 1 aliphatic heterocycles. The minimum Gasteiger partial charge on any atom is -0.790 e. The van der Waals surface area contributed by atoms with Gasteiger partial charge in [0, 0.05) is 12.6 Å². The molecule has 2 rings (SSSR count). The smallest absolute Gasteiger partial charge is 0.790 e. The monoisotopic (exact) mass is 507 g/mol. The molecule has 32 heavy (non-hydrogen) atoms. The molecular formula is C9H12Li4N3O12P3S. The molecule has 0 saturated carbocycles. The molecule has 5 atom stereocenters. The third kappa shape index (κ3) is 12.7. The molecular weight excluding hydrogens is 495 g/mol. The first-order valence-corrected chi connectivity index (χ1v) is 12.5. The molecule has 3 N–H and O–H groups in total. The van der Waals surface area contributed by atoms with E-state index in [2.05, 4.69) is 29.9 Å². The molecule has 0 spiro atoms. The molecule has 2 heterocycles. The summed E-state index contributed by atoms with van der Waals surface area (Å²) < 4.78 is 39.3. The van der Waals surface area contributed by atoms with Gasteiger partial charge in [-0.25, -0.2) is 4.79 Å². The Labute approximate surface area is 234 Å². The number of phosphoric acid groups is 2. The van der Waals surface area contributed by atoms with Crippen molar-refractivity contribution in [3.05, 3.63) is 22.7 Å². The molecule has 0 aromatic carbocycles. The fourth-order valence-corrected chi connectivity index (χ4v) is 5.91. The Kier molecular flexibility index (Phi) is 18.2. The molecule has 1 aliphatic rings. The molecule has 1 aromatic heterocycles. The molecule has 0 amide bonds. The number of aromatic nitrogens is 2. The van der Waals surface area contributed by atoms with E-state index in [0.29, 0.717) is 0 Å².